The second-order valence-corrected chi connectivity index (χ2v) is 5.41. The summed E-state index contributed by atoms with van der Waals surface area (Å²) >= 11 is 0. The molecule has 0 radical (unpaired) electrons. The molecule has 18 heavy (non-hydrogen) atoms. The zero-order valence-electron chi connectivity index (χ0n) is 11.3. The molecule has 3 atom stereocenters. The third kappa shape index (κ3) is 3.02. The Hall–Kier alpha value is -0.650. The molecule has 1 amide bonds. The number of morpholine rings is 1. The van der Waals surface area contributed by atoms with Crippen LogP contribution in [0.1, 0.15) is 26.7 Å². The first-order valence-electron chi connectivity index (χ1n) is 6.91. The normalized spacial score (nSPS) is 32.3. The van der Waals surface area contributed by atoms with Crippen LogP contribution in [0.5, 0.6) is 0 Å². The van der Waals surface area contributed by atoms with Crippen LogP contribution in [0.25, 0.3) is 0 Å². The number of nitrogens with zero attached hydrogens (tertiary/aromatic N) is 1. The molecule has 5 nitrogen and oxygen atoms in total. The van der Waals surface area contributed by atoms with Gasteiger partial charge in [-0.3, -0.25) is 4.79 Å². The molecule has 0 saturated carbocycles. The van der Waals surface area contributed by atoms with E-state index in [0.29, 0.717) is 12.5 Å². The molecule has 2 N–H and O–H groups in total. The van der Waals surface area contributed by atoms with Gasteiger partial charge in [0.25, 0.3) is 0 Å². The summed E-state index contributed by atoms with van der Waals surface area (Å²) in [5.74, 6) is 0.480. The molecular weight excluding hydrogens is 232 g/mol. The Morgan fingerprint density at radius 3 is 2.67 bits per heavy atom. The van der Waals surface area contributed by atoms with Crippen molar-refractivity contribution in [3.05, 3.63) is 0 Å². The molecular formula is C13H24N2O3. The highest BCUT2D eigenvalue weighted by Gasteiger charge is 2.34. The van der Waals surface area contributed by atoms with Gasteiger partial charge in [-0.25, -0.2) is 0 Å². The van der Waals surface area contributed by atoms with Crippen LogP contribution in [0.3, 0.4) is 0 Å². The predicted octanol–water partition coefficient (Wildman–Crippen LogP) is -0.0173. The fourth-order valence-corrected chi connectivity index (χ4v) is 2.81. The predicted molar refractivity (Wildman–Crippen MR) is 68.2 cm³/mol. The summed E-state index contributed by atoms with van der Waals surface area (Å²) in [6, 6.07) is -0.207. The second-order valence-electron chi connectivity index (χ2n) is 5.41. The van der Waals surface area contributed by atoms with E-state index in [2.05, 4.69) is 5.32 Å². The molecule has 2 saturated heterocycles. The summed E-state index contributed by atoms with van der Waals surface area (Å²) in [6.07, 6.45) is 1.47. The topological polar surface area (TPSA) is 61.8 Å². The Morgan fingerprint density at radius 1 is 1.44 bits per heavy atom. The average Bonchev–Trinajstić information content (AvgIpc) is 2.38. The number of hydrogen-bond donors (Lipinski definition) is 2. The van der Waals surface area contributed by atoms with E-state index in [1.165, 1.54) is 0 Å². The molecule has 5 heteroatoms. The number of carbonyl (C=O) groups is 1. The van der Waals surface area contributed by atoms with E-state index in [9.17, 15) is 9.90 Å². The molecule has 0 aromatic carbocycles. The quantitative estimate of drug-likeness (QED) is 0.729. The molecule has 104 valence electrons. The summed E-state index contributed by atoms with van der Waals surface area (Å²) in [4.78, 5) is 14.3. The number of aliphatic hydroxyl groups is 1. The number of ether oxygens (including phenoxy) is 1. The van der Waals surface area contributed by atoms with Gasteiger partial charge in [0, 0.05) is 19.6 Å². The highest BCUT2D eigenvalue weighted by molar-refractivity contribution is 5.82. The van der Waals surface area contributed by atoms with Gasteiger partial charge in [0.2, 0.25) is 5.91 Å². The second kappa shape index (κ2) is 5.99. The highest BCUT2D eigenvalue weighted by Crippen LogP contribution is 2.21. The number of nitrogens with one attached hydrogen (secondary N) is 1. The Bertz CT molecular complexity index is 288. The van der Waals surface area contributed by atoms with Crippen LogP contribution < -0.4 is 5.32 Å². The number of hydrogen-bond acceptors (Lipinski definition) is 4. The number of piperidine rings is 1. The van der Waals surface area contributed by atoms with Crippen molar-refractivity contribution in [1.29, 1.82) is 0 Å². The summed E-state index contributed by atoms with van der Waals surface area (Å²) in [6.45, 7) is 6.69. The maximum Gasteiger partial charge on any atom is 0.242 e. The summed E-state index contributed by atoms with van der Waals surface area (Å²) in [5, 5.41) is 12.8. The van der Waals surface area contributed by atoms with Gasteiger partial charge >= 0.3 is 0 Å². The first-order chi connectivity index (χ1) is 8.59. The minimum absolute atomic E-state index is 0.0549. The molecule has 0 bridgehead atoms. The number of amides is 1. The van der Waals surface area contributed by atoms with Crippen molar-refractivity contribution in [2.75, 3.05) is 26.2 Å². The monoisotopic (exact) mass is 256 g/mol. The fourth-order valence-electron chi connectivity index (χ4n) is 2.81. The third-order valence-corrected chi connectivity index (χ3v) is 4.12. The number of likely N-dealkylation sites (tertiary alicyclic amines) is 1. The SMILES string of the molecule is CC(O)C1CCN(C(=O)[C@H]2NCCO[C@@H]2C)CC1. The van der Waals surface area contributed by atoms with Crippen molar-refractivity contribution in [3.8, 4) is 0 Å². The largest absolute Gasteiger partial charge is 0.393 e. The Labute approximate surface area is 108 Å². The van der Waals surface area contributed by atoms with Crippen LogP contribution in [0.15, 0.2) is 0 Å². The van der Waals surface area contributed by atoms with Crippen LogP contribution in [-0.4, -0.2) is 60.4 Å². The molecule has 2 aliphatic heterocycles. The van der Waals surface area contributed by atoms with E-state index >= 15 is 0 Å². The van der Waals surface area contributed by atoms with Crippen molar-refractivity contribution in [1.82, 2.24) is 10.2 Å². The number of aliphatic hydroxyl groups excluding tert-OH is 1. The molecule has 2 aliphatic rings. The minimum atomic E-state index is -0.266. The molecule has 0 aliphatic carbocycles. The summed E-state index contributed by atoms with van der Waals surface area (Å²) in [5.41, 5.74) is 0. The van der Waals surface area contributed by atoms with Gasteiger partial charge in [-0.15, -0.1) is 0 Å². The van der Waals surface area contributed by atoms with Crippen molar-refractivity contribution < 1.29 is 14.6 Å². The first-order valence-corrected chi connectivity index (χ1v) is 6.91. The Morgan fingerprint density at radius 2 is 2.11 bits per heavy atom. The zero-order chi connectivity index (χ0) is 13.1. The van der Waals surface area contributed by atoms with Crippen molar-refractivity contribution in [2.45, 2.75) is 44.9 Å². The van der Waals surface area contributed by atoms with E-state index in [4.69, 9.17) is 4.74 Å². The lowest BCUT2D eigenvalue weighted by Gasteiger charge is -2.38. The molecule has 0 spiro atoms. The number of carbonyl (C=O) groups excluding carboxylic acids is 1. The van der Waals surface area contributed by atoms with Gasteiger partial charge in [-0.1, -0.05) is 0 Å². The first kappa shape index (κ1) is 13.8. The zero-order valence-corrected chi connectivity index (χ0v) is 11.3. The van der Waals surface area contributed by atoms with Gasteiger partial charge in [0.05, 0.1) is 18.8 Å². The van der Waals surface area contributed by atoms with E-state index in [-0.39, 0.29) is 24.2 Å². The molecule has 2 heterocycles. The van der Waals surface area contributed by atoms with Gasteiger partial charge in [-0.05, 0) is 32.6 Å². The summed E-state index contributed by atoms with van der Waals surface area (Å²) < 4.78 is 5.51. The van der Waals surface area contributed by atoms with Gasteiger partial charge in [0.15, 0.2) is 0 Å². The van der Waals surface area contributed by atoms with Crippen LogP contribution in [0.4, 0.5) is 0 Å². The molecule has 0 aromatic rings. The van der Waals surface area contributed by atoms with Crippen molar-refractivity contribution in [2.24, 2.45) is 5.92 Å². The van der Waals surface area contributed by atoms with E-state index in [1.807, 2.05) is 18.7 Å². The highest BCUT2D eigenvalue weighted by atomic mass is 16.5. The van der Waals surface area contributed by atoms with E-state index in [1.54, 1.807) is 0 Å². The van der Waals surface area contributed by atoms with E-state index in [0.717, 1.165) is 32.5 Å². The maximum absolute atomic E-state index is 12.4. The van der Waals surface area contributed by atoms with Crippen LogP contribution in [0.2, 0.25) is 0 Å². The van der Waals surface area contributed by atoms with Crippen molar-refractivity contribution >= 4 is 5.91 Å². The lowest BCUT2D eigenvalue weighted by molar-refractivity contribution is -0.141. The molecule has 2 rings (SSSR count). The Balaban J connectivity index is 1.87. The lowest BCUT2D eigenvalue weighted by atomic mass is 9.91. The molecule has 1 unspecified atom stereocenters. The van der Waals surface area contributed by atoms with E-state index < -0.39 is 0 Å². The van der Waals surface area contributed by atoms with Gasteiger partial charge < -0.3 is 20.1 Å². The molecule has 2 fully saturated rings. The maximum atomic E-state index is 12.4. The Kier molecular flexibility index (Phi) is 4.59. The molecule has 0 aromatic heterocycles. The standard InChI is InChI=1S/C13H24N2O3/c1-9(16)11-3-6-15(7-4-11)13(17)12-10(2)18-8-5-14-12/h9-12,14,16H,3-8H2,1-2H3/t9?,10-,12+/m1/s1. The fraction of sp³-hybridized carbons (Fsp3) is 0.923. The van der Waals surface area contributed by atoms with Crippen molar-refractivity contribution in [3.63, 3.8) is 0 Å². The van der Waals surface area contributed by atoms with Gasteiger partial charge in [-0.2, -0.15) is 0 Å². The average molecular weight is 256 g/mol. The van der Waals surface area contributed by atoms with Crippen LogP contribution in [0, 0.1) is 5.92 Å². The third-order valence-electron chi connectivity index (χ3n) is 4.12. The minimum Gasteiger partial charge on any atom is -0.393 e. The number of rotatable bonds is 2. The smallest absolute Gasteiger partial charge is 0.242 e. The summed E-state index contributed by atoms with van der Waals surface area (Å²) in [7, 11) is 0. The lowest BCUT2D eigenvalue weighted by Crippen LogP contribution is -2.57. The van der Waals surface area contributed by atoms with Crippen LogP contribution >= 0.6 is 0 Å². The van der Waals surface area contributed by atoms with Crippen LogP contribution in [-0.2, 0) is 9.53 Å². The van der Waals surface area contributed by atoms with Gasteiger partial charge in [0.1, 0.15) is 6.04 Å².